The molecule has 1 saturated carbocycles. The lowest BCUT2D eigenvalue weighted by molar-refractivity contribution is 0.0522. The predicted molar refractivity (Wildman–Crippen MR) is 99.0 cm³/mol. The number of ether oxygens (including phenoxy) is 1. The van der Waals surface area contributed by atoms with Crippen molar-refractivity contribution in [2.75, 3.05) is 26.2 Å². The van der Waals surface area contributed by atoms with Crippen molar-refractivity contribution in [1.82, 2.24) is 10.2 Å². The zero-order valence-electron chi connectivity index (χ0n) is 14.7. The molecule has 1 heterocycles. The van der Waals surface area contributed by atoms with Crippen LogP contribution < -0.4 is 5.32 Å². The molecule has 2 aliphatic rings. The second-order valence-electron chi connectivity index (χ2n) is 8.01. The number of carbonyl (C=O) groups is 1. The molecule has 0 aromatic heterocycles. The molecule has 2 atom stereocenters. The van der Waals surface area contributed by atoms with E-state index in [2.05, 4.69) is 50.4 Å². The maximum absolute atomic E-state index is 11.7. The molecule has 0 radical (unpaired) electrons. The highest BCUT2D eigenvalue weighted by Gasteiger charge is 2.55. The average Bonchev–Trinajstić information content (AvgIpc) is 2.94. The van der Waals surface area contributed by atoms with E-state index in [1.807, 2.05) is 20.8 Å². The lowest BCUT2D eigenvalue weighted by Gasteiger charge is -2.21. The number of hydrogen-bond donors (Lipinski definition) is 1. The third-order valence-corrected chi connectivity index (χ3v) is 5.49. The summed E-state index contributed by atoms with van der Waals surface area (Å²) in [5.74, 6) is 2.15. The van der Waals surface area contributed by atoms with Crippen LogP contribution in [-0.2, 0) is 11.2 Å². The van der Waals surface area contributed by atoms with Crippen molar-refractivity contribution >= 4 is 22.0 Å². The van der Waals surface area contributed by atoms with Crippen LogP contribution in [0.25, 0.3) is 0 Å². The van der Waals surface area contributed by atoms with Gasteiger partial charge in [0.25, 0.3) is 0 Å². The average molecular weight is 395 g/mol. The van der Waals surface area contributed by atoms with Gasteiger partial charge in [-0.25, -0.2) is 4.79 Å². The standard InChI is InChI=1S/C19H27BrN2O2/c1-19(2,3)24-18(23)21-10-15-16-11-22(12-17(15)16)9-8-13-4-6-14(20)7-5-13/h4-7,15-17H,8-12H2,1-3H3,(H,21,23). The highest BCUT2D eigenvalue weighted by molar-refractivity contribution is 9.10. The topological polar surface area (TPSA) is 41.6 Å². The van der Waals surface area contributed by atoms with Crippen LogP contribution in [0.3, 0.4) is 0 Å². The maximum atomic E-state index is 11.7. The summed E-state index contributed by atoms with van der Waals surface area (Å²) in [7, 11) is 0. The van der Waals surface area contributed by atoms with Crippen molar-refractivity contribution < 1.29 is 9.53 Å². The van der Waals surface area contributed by atoms with Crippen molar-refractivity contribution in [2.45, 2.75) is 32.8 Å². The number of fused-ring (bicyclic) bond motifs is 1. The number of benzene rings is 1. The summed E-state index contributed by atoms with van der Waals surface area (Å²) in [5.41, 5.74) is 0.967. The first kappa shape index (κ1) is 17.7. The Hall–Kier alpha value is -1.07. The van der Waals surface area contributed by atoms with E-state index in [1.54, 1.807) is 0 Å². The first-order chi connectivity index (χ1) is 11.3. The maximum Gasteiger partial charge on any atom is 0.407 e. The van der Waals surface area contributed by atoms with Gasteiger partial charge in [0.05, 0.1) is 0 Å². The van der Waals surface area contributed by atoms with Crippen molar-refractivity contribution in [3.63, 3.8) is 0 Å². The summed E-state index contributed by atoms with van der Waals surface area (Å²) >= 11 is 3.47. The fourth-order valence-electron chi connectivity index (χ4n) is 3.68. The minimum Gasteiger partial charge on any atom is -0.444 e. The molecule has 2 fully saturated rings. The summed E-state index contributed by atoms with van der Waals surface area (Å²) < 4.78 is 6.42. The molecular formula is C19H27BrN2O2. The molecule has 1 aliphatic carbocycles. The summed E-state index contributed by atoms with van der Waals surface area (Å²) in [6.07, 6.45) is 0.813. The molecule has 132 valence electrons. The number of halogens is 1. The Morgan fingerprint density at radius 3 is 2.46 bits per heavy atom. The normalized spacial score (nSPS) is 26.1. The van der Waals surface area contributed by atoms with Gasteiger partial charge in [-0.1, -0.05) is 28.1 Å². The number of amides is 1. The van der Waals surface area contributed by atoms with E-state index in [4.69, 9.17) is 4.74 Å². The van der Waals surface area contributed by atoms with E-state index in [-0.39, 0.29) is 6.09 Å². The Bertz CT molecular complexity index is 570. The molecule has 1 aromatic rings. The highest BCUT2D eigenvalue weighted by Crippen LogP contribution is 2.51. The number of carbonyl (C=O) groups excluding carboxylic acids is 1. The second-order valence-corrected chi connectivity index (χ2v) is 8.93. The lowest BCUT2D eigenvalue weighted by atomic mass is 10.1. The number of hydrogen-bond acceptors (Lipinski definition) is 3. The molecule has 2 unspecified atom stereocenters. The largest absolute Gasteiger partial charge is 0.444 e. The molecule has 3 rings (SSSR count). The van der Waals surface area contributed by atoms with E-state index >= 15 is 0 Å². The quantitative estimate of drug-likeness (QED) is 0.827. The third kappa shape index (κ3) is 4.73. The molecule has 24 heavy (non-hydrogen) atoms. The first-order valence-corrected chi connectivity index (χ1v) is 9.55. The summed E-state index contributed by atoms with van der Waals surface area (Å²) in [6.45, 7) is 9.89. The molecule has 1 aromatic carbocycles. The number of piperidine rings is 1. The van der Waals surface area contributed by atoms with Gasteiger partial charge in [-0.15, -0.1) is 0 Å². The Balaban J connectivity index is 1.33. The van der Waals surface area contributed by atoms with Gasteiger partial charge < -0.3 is 15.0 Å². The molecule has 1 saturated heterocycles. The molecule has 0 bridgehead atoms. The van der Waals surface area contributed by atoms with E-state index in [9.17, 15) is 4.79 Å². The van der Waals surface area contributed by atoms with E-state index in [1.165, 1.54) is 18.7 Å². The van der Waals surface area contributed by atoms with Crippen LogP contribution in [0.15, 0.2) is 28.7 Å². The summed E-state index contributed by atoms with van der Waals surface area (Å²) in [4.78, 5) is 14.3. The fraction of sp³-hybridized carbons (Fsp3) is 0.632. The van der Waals surface area contributed by atoms with Crippen LogP contribution in [0.2, 0.25) is 0 Å². The van der Waals surface area contributed by atoms with Crippen LogP contribution in [0, 0.1) is 17.8 Å². The van der Waals surface area contributed by atoms with E-state index < -0.39 is 5.60 Å². The van der Waals surface area contributed by atoms with E-state index in [0.717, 1.165) is 35.8 Å². The molecule has 5 heteroatoms. The molecule has 4 nitrogen and oxygen atoms in total. The van der Waals surface area contributed by atoms with Crippen molar-refractivity contribution in [3.8, 4) is 0 Å². The van der Waals surface area contributed by atoms with Crippen molar-refractivity contribution in [3.05, 3.63) is 34.3 Å². The Kier molecular flexibility index (Phi) is 5.21. The number of nitrogens with zero attached hydrogens (tertiary/aromatic N) is 1. The lowest BCUT2D eigenvalue weighted by Crippen LogP contribution is -2.35. The zero-order valence-corrected chi connectivity index (χ0v) is 16.3. The molecule has 1 aliphatic heterocycles. The van der Waals surface area contributed by atoms with Gasteiger partial charge in [0, 0.05) is 30.7 Å². The zero-order chi connectivity index (χ0) is 17.3. The van der Waals surface area contributed by atoms with Crippen molar-refractivity contribution in [2.24, 2.45) is 17.8 Å². The first-order valence-electron chi connectivity index (χ1n) is 8.75. The fourth-order valence-corrected chi connectivity index (χ4v) is 3.94. The van der Waals surface area contributed by atoms with Gasteiger partial charge in [0.1, 0.15) is 5.60 Å². The van der Waals surface area contributed by atoms with Crippen LogP contribution in [-0.4, -0.2) is 42.8 Å². The molecular weight excluding hydrogens is 368 g/mol. The summed E-state index contributed by atoms with van der Waals surface area (Å²) in [6, 6.07) is 8.59. The van der Waals surface area contributed by atoms with Crippen LogP contribution in [0.4, 0.5) is 4.79 Å². The minimum atomic E-state index is -0.423. The Labute approximate surface area is 153 Å². The smallest absolute Gasteiger partial charge is 0.407 e. The SMILES string of the molecule is CC(C)(C)OC(=O)NCC1C2CN(CCc3ccc(Br)cc3)CC12. The van der Waals surface area contributed by atoms with Gasteiger partial charge in [-0.3, -0.25) is 0 Å². The van der Waals surface area contributed by atoms with Gasteiger partial charge in [0.2, 0.25) is 0 Å². The van der Waals surface area contributed by atoms with Crippen LogP contribution >= 0.6 is 15.9 Å². The predicted octanol–water partition coefficient (Wildman–Crippen LogP) is 3.69. The Morgan fingerprint density at radius 2 is 1.88 bits per heavy atom. The van der Waals surface area contributed by atoms with Crippen LogP contribution in [0.5, 0.6) is 0 Å². The number of likely N-dealkylation sites (tertiary alicyclic amines) is 1. The van der Waals surface area contributed by atoms with Gasteiger partial charge in [-0.05, 0) is 62.6 Å². The number of nitrogens with one attached hydrogen (secondary N) is 1. The summed E-state index contributed by atoms with van der Waals surface area (Å²) in [5, 5.41) is 2.92. The monoisotopic (exact) mass is 394 g/mol. The van der Waals surface area contributed by atoms with E-state index in [0.29, 0.717) is 5.92 Å². The van der Waals surface area contributed by atoms with Crippen molar-refractivity contribution in [1.29, 1.82) is 0 Å². The Morgan fingerprint density at radius 1 is 1.25 bits per heavy atom. The van der Waals surface area contributed by atoms with Gasteiger partial charge >= 0.3 is 6.09 Å². The molecule has 1 amide bonds. The minimum absolute atomic E-state index is 0.292. The van der Waals surface area contributed by atoms with Gasteiger partial charge in [-0.2, -0.15) is 0 Å². The highest BCUT2D eigenvalue weighted by atomic mass is 79.9. The molecule has 0 spiro atoms. The number of alkyl carbamates (subject to hydrolysis) is 1. The number of rotatable bonds is 5. The third-order valence-electron chi connectivity index (χ3n) is 4.96. The molecule has 1 N–H and O–H groups in total. The van der Waals surface area contributed by atoms with Crippen LogP contribution in [0.1, 0.15) is 26.3 Å². The van der Waals surface area contributed by atoms with Gasteiger partial charge in [0.15, 0.2) is 0 Å². The second kappa shape index (κ2) is 7.04.